The van der Waals surface area contributed by atoms with Gasteiger partial charge >= 0.3 is 0 Å². The van der Waals surface area contributed by atoms with Crippen LogP contribution < -0.4 is 15.4 Å². The average Bonchev–Trinajstić information content (AvgIpc) is 3.19. The molecule has 3 aliphatic rings. The zero-order valence-corrected chi connectivity index (χ0v) is 19.5. The van der Waals surface area contributed by atoms with Crippen molar-refractivity contribution in [1.82, 2.24) is 15.5 Å². The Hall–Kier alpha value is -3.70. The molecule has 1 unspecified atom stereocenters. The number of benzene rings is 2. The maximum atomic E-state index is 12.9. The predicted molar refractivity (Wildman–Crippen MR) is 127 cm³/mol. The second-order valence-electron chi connectivity index (χ2n) is 9.46. The first-order valence-electron chi connectivity index (χ1n) is 12.2. The molecule has 35 heavy (non-hydrogen) atoms. The highest BCUT2D eigenvalue weighted by Crippen LogP contribution is 2.32. The van der Waals surface area contributed by atoms with Crippen LogP contribution in [-0.4, -0.2) is 40.8 Å². The molecule has 180 valence electrons. The summed E-state index contributed by atoms with van der Waals surface area (Å²) in [6, 6.07) is 14.9. The monoisotopic (exact) mass is 472 g/mol. The number of hydrogen-bond donors (Lipinski definition) is 2. The van der Waals surface area contributed by atoms with Crippen LogP contribution in [0.15, 0.2) is 42.5 Å². The van der Waals surface area contributed by atoms with Crippen molar-refractivity contribution in [3.05, 3.63) is 64.7 Å². The van der Waals surface area contributed by atoms with Crippen molar-refractivity contribution in [3.8, 4) is 11.8 Å². The summed E-state index contributed by atoms with van der Waals surface area (Å²) in [5.74, 6) is -0.167. The van der Waals surface area contributed by atoms with E-state index in [0.717, 1.165) is 36.8 Å². The lowest BCUT2D eigenvalue weighted by Crippen LogP contribution is -2.52. The summed E-state index contributed by atoms with van der Waals surface area (Å²) < 4.78 is 6.41. The summed E-state index contributed by atoms with van der Waals surface area (Å²) in [6.07, 6.45) is 4.77. The molecule has 8 nitrogen and oxygen atoms in total. The van der Waals surface area contributed by atoms with Crippen LogP contribution in [-0.2, 0) is 22.7 Å². The van der Waals surface area contributed by atoms with E-state index in [-0.39, 0.29) is 30.4 Å². The van der Waals surface area contributed by atoms with Crippen LogP contribution in [0.4, 0.5) is 0 Å². The van der Waals surface area contributed by atoms with Crippen molar-refractivity contribution >= 4 is 17.7 Å². The minimum absolute atomic E-state index is 0.00397. The summed E-state index contributed by atoms with van der Waals surface area (Å²) >= 11 is 0. The van der Waals surface area contributed by atoms with Gasteiger partial charge in [0.25, 0.3) is 5.91 Å². The number of nitrogens with zero attached hydrogens (tertiary/aromatic N) is 2. The third-order valence-corrected chi connectivity index (χ3v) is 7.11. The van der Waals surface area contributed by atoms with Crippen molar-refractivity contribution in [2.45, 2.75) is 69.8 Å². The molecule has 3 amide bonds. The number of fused-ring (bicyclic) bond motifs is 1. The molecule has 2 heterocycles. The van der Waals surface area contributed by atoms with Gasteiger partial charge in [-0.25, -0.2) is 0 Å². The number of carbonyl (C=O) groups is 3. The van der Waals surface area contributed by atoms with E-state index in [1.165, 1.54) is 0 Å². The fourth-order valence-corrected chi connectivity index (χ4v) is 5.27. The van der Waals surface area contributed by atoms with Crippen LogP contribution in [0.1, 0.15) is 65.6 Å². The molecule has 1 aliphatic carbocycles. The third-order valence-electron chi connectivity index (χ3n) is 7.11. The maximum Gasteiger partial charge on any atom is 0.255 e. The van der Waals surface area contributed by atoms with Gasteiger partial charge in [0, 0.05) is 31.1 Å². The first kappa shape index (κ1) is 23.1. The van der Waals surface area contributed by atoms with Gasteiger partial charge in [-0.2, -0.15) is 5.26 Å². The Morgan fingerprint density at radius 1 is 1.09 bits per heavy atom. The third kappa shape index (κ3) is 4.91. The summed E-state index contributed by atoms with van der Waals surface area (Å²) in [6.45, 7) is 0.999. The highest BCUT2D eigenvalue weighted by molar-refractivity contribution is 6.05. The summed E-state index contributed by atoms with van der Waals surface area (Å²) in [5, 5.41) is 15.1. The van der Waals surface area contributed by atoms with Gasteiger partial charge in [-0.05, 0) is 67.1 Å². The lowest BCUT2D eigenvalue weighted by Gasteiger charge is -2.33. The minimum Gasteiger partial charge on any atom is -0.489 e. The Bertz CT molecular complexity index is 1200. The molecule has 2 aromatic rings. The molecule has 2 fully saturated rings. The van der Waals surface area contributed by atoms with Crippen molar-refractivity contribution < 1.29 is 19.1 Å². The van der Waals surface area contributed by atoms with E-state index in [0.29, 0.717) is 36.4 Å². The zero-order valence-electron chi connectivity index (χ0n) is 19.5. The molecular weight excluding hydrogens is 444 g/mol. The number of nitrogens with one attached hydrogen (secondary N) is 2. The van der Waals surface area contributed by atoms with Crippen molar-refractivity contribution in [3.63, 3.8) is 0 Å². The van der Waals surface area contributed by atoms with Gasteiger partial charge in [0.15, 0.2) is 0 Å². The molecule has 0 spiro atoms. The van der Waals surface area contributed by atoms with Crippen molar-refractivity contribution in [2.75, 3.05) is 0 Å². The molecule has 0 aromatic heterocycles. The van der Waals surface area contributed by atoms with Crippen molar-refractivity contribution in [1.29, 1.82) is 5.26 Å². The SMILES string of the molecule is N#Cc1cccc(CN[C@H]2CCCC[C@@H]2Oc2ccc3c(c2)CN(C2CCC(=O)NC2=O)C3=O)c1. The number of rotatable bonds is 6. The van der Waals surface area contributed by atoms with E-state index in [9.17, 15) is 14.4 Å². The number of ether oxygens (including phenoxy) is 1. The van der Waals surface area contributed by atoms with Gasteiger partial charge in [0.05, 0.1) is 11.6 Å². The van der Waals surface area contributed by atoms with Gasteiger partial charge in [0.1, 0.15) is 17.9 Å². The van der Waals surface area contributed by atoms with Crippen LogP contribution in [0.5, 0.6) is 5.75 Å². The van der Waals surface area contributed by atoms with Crippen LogP contribution in [0, 0.1) is 11.3 Å². The normalized spacial score (nSPS) is 24.0. The fraction of sp³-hybridized carbons (Fsp3) is 0.407. The van der Waals surface area contributed by atoms with Gasteiger partial charge in [0.2, 0.25) is 11.8 Å². The Labute approximate surface area is 204 Å². The highest BCUT2D eigenvalue weighted by atomic mass is 16.5. The lowest BCUT2D eigenvalue weighted by molar-refractivity contribution is -0.136. The first-order valence-corrected chi connectivity index (χ1v) is 12.2. The quantitative estimate of drug-likeness (QED) is 0.626. The largest absolute Gasteiger partial charge is 0.489 e. The van der Waals surface area contributed by atoms with Crippen LogP contribution in [0.25, 0.3) is 0 Å². The van der Waals surface area contributed by atoms with Crippen molar-refractivity contribution in [2.24, 2.45) is 0 Å². The molecule has 5 rings (SSSR count). The number of carbonyl (C=O) groups excluding carboxylic acids is 3. The van der Waals surface area contributed by atoms with Gasteiger partial charge < -0.3 is 15.0 Å². The molecular formula is C27H28N4O4. The molecule has 3 atom stereocenters. The molecule has 1 saturated heterocycles. The number of nitriles is 1. The molecule has 8 heteroatoms. The van der Waals surface area contributed by atoms with E-state index >= 15 is 0 Å². The van der Waals surface area contributed by atoms with Crippen LogP contribution >= 0.6 is 0 Å². The Balaban J connectivity index is 1.25. The fourth-order valence-electron chi connectivity index (χ4n) is 5.27. The number of amides is 3. The number of imide groups is 1. The Morgan fingerprint density at radius 3 is 2.77 bits per heavy atom. The molecule has 0 bridgehead atoms. The number of hydrogen-bond acceptors (Lipinski definition) is 6. The Morgan fingerprint density at radius 2 is 1.94 bits per heavy atom. The molecule has 2 N–H and O–H groups in total. The predicted octanol–water partition coefficient (Wildman–Crippen LogP) is 2.80. The van der Waals surface area contributed by atoms with Crippen LogP contribution in [0.3, 0.4) is 0 Å². The van der Waals surface area contributed by atoms with Gasteiger partial charge in [-0.15, -0.1) is 0 Å². The number of piperidine rings is 1. The standard InChI is InChI=1S/C27H28N4O4/c28-14-17-4-3-5-18(12-17)15-29-22-6-1-2-7-24(22)35-20-8-9-21-19(13-20)16-31(27(21)34)23-10-11-25(32)30-26(23)33/h3-5,8-9,12-13,22-24,29H,1-2,6-7,10-11,15-16H2,(H,30,32,33)/t22-,23?,24-/m0/s1. The summed E-state index contributed by atoms with van der Waals surface area (Å²) in [4.78, 5) is 38.2. The van der Waals surface area contributed by atoms with Crippen LogP contribution in [0.2, 0.25) is 0 Å². The lowest BCUT2D eigenvalue weighted by atomic mass is 9.92. The van der Waals surface area contributed by atoms with Gasteiger partial charge in [-0.3, -0.25) is 19.7 Å². The average molecular weight is 473 g/mol. The van der Waals surface area contributed by atoms with E-state index < -0.39 is 11.9 Å². The van der Waals surface area contributed by atoms with E-state index in [1.54, 1.807) is 17.0 Å². The molecule has 0 radical (unpaired) electrons. The van der Waals surface area contributed by atoms with E-state index in [4.69, 9.17) is 10.00 Å². The second-order valence-corrected chi connectivity index (χ2v) is 9.46. The first-order chi connectivity index (χ1) is 17.0. The van der Waals surface area contributed by atoms with Gasteiger partial charge in [-0.1, -0.05) is 18.6 Å². The smallest absolute Gasteiger partial charge is 0.255 e. The second kappa shape index (κ2) is 9.88. The molecule has 2 aromatic carbocycles. The van der Waals surface area contributed by atoms with E-state index in [1.807, 2.05) is 30.3 Å². The molecule has 2 aliphatic heterocycles. The summed E-state index contributed by atoms with van der Waals surface area (Å²) in [5.41, 5.74) is 3.14. The topological polar surface area (TPSA) is 112 Å². The highest BCUT2D eigenvalue weighted by Gasteiger charge is 2.39. The maximum absolute atomic E-state index is 12.9. The van der Waals surface area contributed by atoms with E-state index in [2.05, 4.69) is 16.7 Å². The zero-order chi connectivity index (χ0) is 24.4. The Kier molecular flexibility index (Phi) is 6.51. The summed E-state index contributed by atoms with van der Waals surface area (Å²) in [7, 11) is 0. The minimum atomic E-state index is -0.622. The molecule has 1 saturated carbocycles.